The van der Waals surface area contributed by atoms with Crippen molar-refractivity contribution in [1.82, 2.24) is 0 Å². The number of hydrogen-bond donors (Lipinski definition) is 0. The van der Waals surface area contributed by atoms with Gasteiger partial charge in [-0.25, -0.2) is 0 Å². The van der Waals surface area contributed by atoms with Gasteiger partial charge in [0.15, 0.2) is 6.10 Å². The minimum atomic E-state index is -0.796. The lowest BCUT2D eigenvalue weighted by molar-refractivity contribution is -0.167. The SMILES string of the molecule is CC/C=C\C/C=C\C/C=C\C/C=C\C/C=C\CCCC(=O)OCC(COC(=O)CCCCCCCCCCCCCCCCCCCCCCCCCCCCCC)OC(=O)CCCCCCCCCCCCCCCCCCCCC. The van der Waals surface area contributed by atoms with Gasteiger partial charge < -0.3 is 14.2 Å². The first-order valence-electron chi connectivity index (χ1n) is 36.3. The highest BCUT2D eigenvalue weighted by atomic mass is 16.6. The van der Waals surface area contributed by atoms with Crippen molar-refractivity contribution in [3.63, 3.8) is 0 Å². The summed E-state index contributed by atoms with van der Waals surface area (Å²) >= 11 is 0. The molecular formula is C76H138O6. The summed E-state index contributed by atoms with van der Waals surface area (Å²) in [6.45, 7) is 6.55. The van der Waals surface area contributed by atoms with E-state index in [0.29, 0.717) is 19.3 Å². The van der Waals surface area contributed by atoms with Gasteiger partial charge in [-0.3, -0.25) is 14.4 Å². The van der Waals surface area contributed by atoms with Gasteiger partial charge in [-0.2, -0.15) is 0 Å². The fourth-order valence-corrected chi connectivity index (χ4v) is 10.9. The number of carbonyl (C=O) groups is 3. The van der Waals surface area contributed by atoms with E-state index in [0.717, 1.165) is 77.0 Å². The van der Waals surface area contributed by atoms with Crippen LogP contribution in [0, 0.1) is 0 Å². The van der Waals surface area contributed by atoms with E-state index >= 15 is 0 Å². The lowest BCUT2D eigenvalue weighted by Crippen LogP contribution is -2.30. The van der Waals surface area contributed by atoms with E-state index in [-0.39, 0.29) is 37.5 Å². The molecule has 0 N–H and O–H groups in total. The fraction of sp³-hybridized carbons (Fsp3) is 0.829. The summed E-state index contributed by atoms with van der Waals surface area (Å²) < 4.78 is 17.0. The predicted molar refractivity (Wildman–Crippen MR) is 358 cm³/mol. The third-order valence-electron chi connectivity index (χ3n) is 16.3. The second kappa shape index (κ2) is 70.6. The molecule has 82 heavy (non-hydrogen) atoms. The maximum atomic E-state index is 13.0. The molecule has 0 spiro atoms. The zero-order valence-electron chi connectivity index (χ0n) is 55.0. The van der Waals surface area contributed by atoms with Crippen LogP contribution in [-0.4, -0.2) is 37.2 Å². The zero-order valence-corrected chi connectivity index (χ0v) is 55.0. The molecule has 478 valence electrons. The van der Waals surface area contributed by atoms with Crippen molar-refractivity contribution in [1.29, 1.82) is 0 Å². The molecule has 0 aliphatic heterocycles. The van der Waals surface area contributed by atoms with Crippen LogP contribution < -0.4 is 0 Å². The van der Waals surface area contributed by atoms with Crippen molar-refractivity contribution in [3.05, 3.63) is 60.8 Å². The van der Waals surface area contributed by atoms with Gasteiger partial charge in [-0.1, -0.05) is 370 Å². The monoisotopic (exact) mass is 1150 g/mol. The van der Waals surface area contributed by atoms with Gasteiger partial charge in [-0.15, -0.1) is 0 Å². The first-order valence-corrected chi connectivity index (χ1v) is 36.3. The van der Waals surface area contributed by atoms with Crippen LogP contribution in [0.5, 0.6) is 0 Å². The Kier molecular flexibility index (Phi) is 68.1. The highest BCUT2D eigenvalue weighted by Crippen LogP contribution is 2.19. The average Bonchev–Trinajstić information content (AvgIpc) is 3.47. The highest BCUT2D eigenvalue weighted by molar-refractivity contribution is 5.71. The summed E-state index contributed by atoms with van der Waals surface area (Å²) in [7, 11) is 0. The predicted octanol–water partition coefficient (Wildman–Crippen LogP) is 25.1. The third kappa shape index (κ3) is 67.9. The van der Waals surface area contributed by atoms with Crippen molar-refractivity contribution >= 4 is 17.9 Å². The van der Waals surface area contributed by atoms with Gasteiger partial charge in [-0.05, 0) is 57.8 Å². The van der Waals surface area contributed by atoms with Crippen LogP contribution in [-0.2, 0) is 28.6 Å². The largest absolute Gasteiger partial charge is 0.462 e. The van der Waals surface area contributed by atoms with E-state index < -0.39 is 6.10 Å². The number of rotatable bonds is 67. The van der Waals surface area contributed by atoms with E-state index in [4.69, 9.17) is 14.2 Å². The summed E-state index contributed by atoms with van der Waals surface area (Å²) in [5, 5.41) is 0. The lowest BCUT2D eigenvalue weighted by atomic mass is 10.0. The summed E-state index contributed by atoms with van der Waals surface area (Å²) in [4.78, 5) is 38.4. The fourth-order valence-electron chi connectivity index (χ4n) is 10.9. The molecule has 0 aromatic rings. The van der Waals surface area contributed by atoms with Crippen LogP contribution in [0.25, 0.3) is 0 Å². The Bertz CT molecular complexity index is 1460. The Morgan fingerprint density at radius 2 is 0.476 bits per heavy atom. The minimum absolute atomic E-state index is 0.0867. The minimum Gasteiger partial charge on any atom is -0.462 e. The molecule has 6 nitrogen and oxygen atoms in total. The summed E-state index contributed by atoms with van der Waals surface area (Å²) in [5.74, 6) is -0.921. The molecule has 6 heteroatoms. The van der Waals surface area contributed by atoms with Gasteiger partial charge in [0.05, 0.1) is 0 Å². The Morgan fingerprint density at radius 3 is 0.744 bits per heavy atom. The first kappa shape index (κ1) is 79.1. The topological polar surface area (TPSA) is 78.9 Å². The Labute approximate surface area is 510 Å². The van der Waals surface area contributed by atoms with Crippen molar-refractivity contribution in [3.8, 4) is 0 Å². The molecule has 1 atom stereocenters. The Hall–Kier alpha value is -2.89. The van der Waals surface area contributed by atoms with E-state index in [9.17, 15) is 14.4 Å². The molecule has 0 radical (unpaired) electrons. The normalized spacial score (nSPS) is 12.4. The van der Waals surface area contributed by atoms with Crippen molar-refractivity contribution in [2.75, 3.05) is 13.2 Å². The van der Waals surface area contributed by atoms with Crippen molar-refractivity contribution in [2.45, 2.75) is 393 Å². The standard InChI is InChI=1S/C76H138O6/c1-4-7-10-13-16-19-22-25-28-31-33-34-35-36-37-38-39-40-41-43-45-48-51-54-57-60-63-66-69-75(78)81-72-73(71-80-74(77)68-65-62-59-56-53-50-47-44-30-27-24-21-18-15-12-9-6-3)82-76(79)70-67-64-61-58-55-52-49-46-42-32-29-26-23-20-17-14-11-8-5-2/h9,12,18,21,27,30,47,50,56,59,73H,4-8,10-11,13-17,19-20,22-26,28-29,31-46,48-49,51-55,57-58,60-72H2,1-3H3/b12-9-,21-18-,30-27-,50-47-,59-56-. The second-order valence-corrected chi connectivity index (χ2v) is 24.5. The van der Waals surface area contributed by atoms with E-state index in [1.807, 2.05) is 0 Å². The number of allylic oxidation sites excluding steroid dienone is 10. The molecule has 1 unspecified atom stereocenters. The van der Waals surface area contributed by atoms with Crippen molar-refractivity contribution in [2.24, 2.45) is 0 Å². The molecule has 0 fully saturated rings. The van der Waals surface area contributed by atoms with Crippen molar-refractivity contribution < 1.29 is 28.6 Å². The molecule has 0 aliphatic carbocycles. The van der Waals surface area contributed by atoms with Crippen LogP contribution in [0.3, 0.4) is 0 Å². The summed E-state index contributed by atoms with van der Waals surface area (Å²) in [6.07, 6.45) is 91.3. The molecule has 0 saturated heterocycles. The number of carbonyl (C=O) groups excluding carboxylic acids is 3. The van der Waals surface area contributed by atoms with Crippen LogP contribution in [0.15, 0.2) is 60.8 Å². The average molecular weight is 1150 g/mol. The Balaban J connectivity index is 4.28. The molecule has 0 amide bonds. The quantitative estimate of drug-likeness (QED) is 0.0261. The number of ether oxygens (including phenoxy) is 3. The van der Waals surface area contributed by atoms with Gasteiger partial charge in [0.1, 0.15) is 13.2 Å². The number of hydrogen-bond acceptors (Lipinski definition) is 6. The first-order chi connectivity index (χ1) is 40.5. The molecule has 0 bridgehead atoms. The van der Waals surface area contributed by atoms with Crippen LogP contribution in [0.2, 0.25) is 0 Å². The van der Waals surface area contributed by atoms with Gasteiger partial charge >= 0.3 is 17.9 Å². The molecule has 0 aromatic heterocycles. The number of unbranched alkanes of at least 4 members (excludes halogenated alkanes) is 46. The molecule has 0 saturated carbocycles. The zero-order chi connectivity index (χ0) is 59.2. The Morgan fingerprint density at radius 1 is 0.256 bits per heavy atom. The van der Waals surface area contributed by atoms with Crippen LogP contribution >= 0.6 is 0 Å². The molecule has 0 aliphatic rings. The van der Waals surface area contributed by atoms with Crippen LogP contribution in [0.4, 0.5) is 0 Å². The lowest BCUT2D eigenvalue weighted by Gasteiger charge is -2.18. The van der Waals surface area contributed by atoms with Gasteiger partial charge in [0.2, 0.25) is 0 Å². The summed E-state index contributed by atoms with van der Waals surface area (Å²) in [6, 6.07) is 0. The van der Waals surface area contributed by atoms with E-state index in [2.05, 4.69) is 81.5 Å². The third-order valence-corrected chi connectivity index (χ3v) is 16.3. The summed E-state index contributed by atoms with van der Waals surface area (Å²) in [5.41, 5.74) is 0. The van der Waals surface area contributed by atoms with Gasteiger partial charge in [0.25, 0.3) is 0 Å². The van der Waals surface area contributed by atoms with Gasteiger partial charge in [0, 0.05) is 19.3 Å². The number of esters is 3. The molecule has 0 rings (SSSR count). The maximum Gasteiger partial charge on any atom is 0.306 e. The molecule has 0 aromatic carbocycles. The molecular weight excluding hydrogens is 1010 g/mol. The smallest absolute Gasteiger partial charge is 0.306 e. The van der Waals surface area contributed by atoms with Crippen LogP contribution in [0.1, 0.15) is 387 Å². The van der Waals surface area contributed by atoms with E-state index in [1.54, 1.807) is 0 Å². The second-order valence-electron chi connectivity index (χ2n) is 24.5. The maximum absolute atomic E-state index is 13.0. The highest BCUT2D eigenvalue weighted by Gasteiger charge is 2.19. The molecule has 0 heterocycles. The van der Waals surface area contributed by atoms with E-state index in [1.165, 1.54) is 263 Å².